The third-order valence-corrected chi connectivity index (χ3v) is 3.95. The van der Waals surface area contributed by atoms with E-state index in [1.54, 1.807) is 7.11 Å². The molecule has 0 saturated carbocycles. The fourth-order valence-corrected chi connectivity index (χ4v) is 2.64. The molecule has 2 atom stereocenters. The number of nitrogens with two attached hydrogens (primary N) is 1. The number of rotatable bonds is 4. The maximum atomic E-state index is 6.48. The van der Waals surface area contributed by atoms with Crippen LogP contribution < -0.4 is 5.73 Å². The van der Waals surface area contributed by atoms with Gasteiger partial charge in [0.1, 0.15) is 6.10 Å². The summed E-state index contributed by atoms with van der Waals surface area (Å²) < 4.78 is 5.65. The van der Waals surface area contributed by atoms with Crippen molar-refractivity contribution in [3.8, 4) is 0 Å². The molecule has 2 heteroatoms. The van der Waals surface area contributed by atoms with Crippen molar-refractivity contribution >= 4 is 0 Å². The van der Waals surface area contributed by atoms with Crippen LogP contribution in [0.15, 0.2) is 42.5 Å². The van der Waals surface area contributed by atoms with Crippen LogP contribution in [0.4, 0.5) is 0 Å². The Kier molecular flexibility index (Phi) is 4.58. The molecule has 2 unspecified atom stereocenters. The van der Waals surface area contributed by atoms with Crippen molar-refractivity contribution in [2.45, 2.75) is 32.9 Å². The first-order valence-electron chi connectivity index (χ1n) is 6.95. The molecule has 0 aromatic heterocycles. The van der Waals surface area contributed by atoms with Crippen LogP contribution in [-0.2, 0) is 4.74 Å². The zero-order valence-electron chi connectivity index (χ0n) is 12.7. The molecule has 0 bridgehead atoms. The average molecular weight is 269 g/mol. The first-order valence-corrected chi connectivity index (χ1v) is 6.95. The van der Waals surface area contributed by atoms with E-state index in [1.165, 1.54) is 16.7 Å². The first kappa shape index (κ1) is 14.8. The molecule has 20 heavy (non-hydrogen) atoms. The highest BCUT2D eigenvalue weighted by atomic mass is 16.5. The van der Waals surface area contributed by atoms with E-state index >= 15 is 0 Å². The molecule has 2 N–H and O–H groups in total. The molecule has 2 nitrogen and oxygen atoms in total. The lowest BCUT2D eigenvalue weighted by atomic mass is 9.91. The Hall–Kier alpha value is -1.64. The molecule has 0 amide bonds. The van der Waals surface area contributed by atoms with Crippen LogP contribution in [0.3, 0.4) is 0 Å². The Bertz CT molecular complexity index is 577. The second-order valence-electron chi connectivity index (χ2n) is 5.39. The molecular weight excluding hydrogens is 246 g/mol. The summed E-state index contributed by atoms with van der Waals surface area (Å²) in [5, 5.41) is 0. The Morgan fingerprint density at radius 2 is 1.50 bits per heavy atom. The molecule has 0 radical (unpaired) electrons. The smallest absolute Gasteiger partial charge is 0.101 e. The van der Waals surface area contributed by atoms with E-state index in [2.05, 4.69) is 45.0 Å². The molecule has 0 aliphatic heterocycles. The quantitative estimate of drug-likeness (QED) is 0.910. The van der Waals surface area contributed by atoms with Crippen LogP contribution in [0.1, 0.15) is 40.0 Å². The van der Waals surface area contributed by atoms with Gasteiger partial charge in [-0.15, -0.1) is 0 Å². The summed E-state index contributed by atoms with van der Waals surface area (Å²) in [5.41, 5.74) is 12.5. The van der Waals surface area contributed by atoms with Gasteiger partial charge in [-0.3, -0.25) is 0 Å². The van der Waals surface area contributed by atoms with Gasteiger partial charge in [0.15, 0.2) is 0 Å². The molecular formula is C18H23NO. The van der Waals surface area contributed by atoms with Gasteiger partial charge >= 0.3 is 0 Å². The van der Waals surface area contributed by atoms with E-state index < -0.39 is 0 Å². The van der Waals surface area contributed by atoms with Crippen LogP contribution in [0.25, 0.3) is 0 Å². The molecule has 0 aliphatic carbocycles. The molecule has 106 valence electrons. The van der Waals surface area contributed by atoms with Crippen molar-refractivity contribution in [3.05, 3.63) is 70.3 Å². The Balaban J connectivity index is 2.39. The highest BCUT2D eigenvalue weighted by Gasteiger charge is 2.22. The van der Waals surface area contributed by atoms with Gasteiger partial charge in [0.25, 0.3) is 0 Å². The maximum Gasteiger partial charge on any atom is 0.101 e. The van der Waals surface area contributed by atoms with Gasteiger partial charge in [0.2, 0.25) is 0 Å². The van der Waals surface area contributed by atoms with Gasteiger partial charge in [-0.1, -0.05) is 42.5 Å². The minimum Gasteiger partial charge on any atom is -0.375 e. The molecule has 2 rings (SSSR count). The normalized spacial score (nSPS) is 14.1. The summed E-state index contributed by atoms with van der Waals surface area (Å²) in [6.07, 6.45) is -0.128. The van der Waals surface area contributed by atoms with Gasteiger partial charge in [-0.05, 0) is 48.6 Å². The Labute approximate surface area is 121 Å². The summed E-state index contributed by atoms with van der Waals surface area (Å²) >= 11 is 0. The van der Waals surface area contributed by atoms with Crippen LogP contribution in [0, 0.1) is 20.8 Å². The highest BCUT2D eigenvalue weighted by Crippen LogP contribution is 2.32. The lowest BCUT2D eigenvalue weighted by molar-refractivity contribution is 0.0800. The summed E-state index contributed by atoms with van der Waals surface area (Å²) in [4.78, 5) is 0. The zero-order chi connectivity index (χ0) is 14.7. The largest absolute Gasteiger partial charge is 0.375 e. The number of hydrogen-bond donors (Lipinski definition) is 1. The van der Waals surface area contributed by atoms with Crippen molar-refractivity contribution in [3.63, 3.8) is 0 Å². The lowest BCUT2D eigenvalue weighted by Gasteiger charge is -2.25. The van der Waals surface area contributed by atoms with Crippen molar-refractivity contribution in [2.75, 3.05) is 7.11 Å². The number of ether oxygens (including phenoxy) is 1. The van der Waals surface area contributed by atoms with E-state index in [9.17, 15) is 0 Å². The summed E-state index contributed by atoms with van der Waals surface area (Å²) in [6.45, 7) is 6.36. The SMILES string of the molecule is COC(c1ccccc1)C(N)c1cc(C)c(C)cc1C. The number of methoxy groups -OCH3 is 1. The maximum absolute atomic E-state index is 6.48. The molecule has 0 spiro atoms. The highest BCUT2D eigenvalue weighted by molar-refractivity contribution is 5.39. The fourth-order valence-electron chi connectivity index (χ4n) is 2.64. The summed E-state index contributed by atoms with van der Waals surface area (Å²) in [6, 6.07) is 14.4. The summed E-state index contributed by atoms with van der Waals surface area (Å²) in [5.74, 6) is 0. The standard InChI is InChI=1S/C18H23NO/c1-12-10-14(3)16(11-13(12)2)17(19)18(20-4)15-8-6-5-7-9-15/h5-11,17-18H,19H2,1-4H3. The molecule has 0 fully saturated rings. The Morgan fingerprint density at radius 3 is 2.10 bits per heavy atom. The van der Waals surface area contributed by atoms with E-state index in [-0.39, 0.29) is 12.1 Å². The van der Waals surface area contributed by atoms with Crippen LogP contribution in [-0.4, -0.2) is 7.11 Å². The molecule has 2 aromatic carbocycles. The van der Waals surface area contributed by atoms with Crippen molar-refractivity contribution in [2.24, 2.45) is 5.73 Å². The van der Waals surface area contributed by atoms with Gasteiger partial charge in [-0.2, -0.15) is 0 Å². The first-order chi connectivity index (χ1) is 9.54. The Morgan fingerprint density at radius 1 is 0.900 bits per heavy atom. The third kappa shape index (κ3) is 2.92. The van der Waals surface area contributed by atoms with Gasteiger partial charge in [0.05, 0.1) is 6.04 Å². The van der Waals surface area contributed by atoms with Gasteiger partial charge in [-0.25, -0.2) is 0 Å². The second kappa shape index (κ2) is 6.21. The average Bonchev–Trinajstić information content (AvgIpc) is 2.44. The van der Waals surface area contributed by atoms with Crippen LogP contribution >= 0.6 is 0 Å². The molecule has 2 aromatic rings. The third-order valence-electron chi connectivity index (χ3n) is 3.95. The minimum absolute atomic E-state index is 0.128. The van der Waals surface area contributed by atoms with Gasteiger partial charge in [0, 0.05) is 7.11 Å². The van der Waals surface area contributed by atoms with Gasteiger partial charge < -0.3 is 10.5 Å². The predicted molar refractivity (Wildman–Crippen MR) is 83.8 cm³/mol. The van der Waals surface area contributed by atoms with E-state index in [0.717, 1.165) is 11.1 Å². The monoisotopic (exact) mass is 269 g/mol. The van der Waals surface area contributed by atoms with Crippen LogP contribution in [0.2, 0.25) is 0 Å². The molecule has 0 heterocycles. The number of aryl methyl sites for hydroxylation is 3. The van der Waals surface area contributed by atoms with Crippen molar-refractivity contribution < 1.29 is 4.74 Å². The van der Waals surface area contributed by atoms with Crippen molar-refractivity contribution in [1.29, 1.82) is 0 Å². The minimum atomic E-state index is -0.165. The predicted octanol–water partition coefficient (Wildman–Crippen LogP) is 4.00. The number of benzene rings is 2. The zero-order valence-corrected chi connectivity index (χ0v) is 12.7. The molecule has 0 aliphatic rings. The van der Waals surface area contributed by atoms with Crippen molar-refractivity contribution in [1.82, 2.24) is 0 Å². The second-order valence-corrected chi connectivity index (χ2v) is 5.39. The summed E-state index contributed by atoms with van der Waals surface area (Å²) in [7, 11) is 1.72. The number of hydrogen-bond acceptors (Lipinski definition) is 2. The lowest BCUT2D eigenvalue weighted by Crippen LogP contribution is -2.22. The topological polar surface area (TPSA) is 35.2 Å². The fraction of sp³-hybridized carbons (Fsp3) is 0.333. The molecule has 0 saturated heterocycles. The van der Waals surface area contributed by atoms with E-state index in [0.29, 0.717) is 0 Å². The van der Waals surface area contributed by atoms with E-state index in [1.807, 2.05) is 18.2 Å². The van der Waals surface area contributed by atoms with Crippen LogP contribution in [0.5, 0.6) is 0 Å². The van der Waals surface area contributed by atoms with E-state index in [4.69, 9.17) is 10.5 Å².